The fourth-order valence-electron chi connectivity index (χ4n) is 0.836. The van der Waals surface area contributed by atoms with Crippen LogP contribution < -0.4 is 11.5 Å². The minimum absolute atomic E-state index is 0.129. The number of esters is 1. The molecule has 0 saturated heterocycles. The van der Waals surface area contributed by atoms with Gasteiger partial charge in [0.1, 0.15) is 6.04 Å². The van der Waals surface area contributed by atoms with Crippen LogP contribution in [0.3, 0.4) is 0 Å². The summed E-state index contributed by atoms with van der Waals surface area (Å²) in [6.07, 6.45) is -1.48. The predicted octanol–water partition coefficient (Wildman–Crippen LogP) is -1.40. The highest BCUT2D eigenvalue weighted by molar-refractivity contribution is 5.85. The van der Waals surface area contributed by atoms with E-state index < -0.39 is 30.0 Å². The molecule has 0 radical (unpaired) electrons. The molecule has 0 spiro atoms. The van der Waals surface area contributed by atoms with E-state index in [0.717, 1.165) is 0 Å². The van der Waals surface area contributed by atoms with E-state index in [-0.39, 0.29) is 12.8 Å². The van der Waals surface area contributed by atoms with Gasteiger partial charge in [0, 0.05) is 0 Å². The molecule has 0 aliphatic rings. The fourth-order valence-corrected chi connectivity index (χ4v) is 0.836. The minimum atomic E-state index is -1.25. The molecule has 2 unspecified atom stereocenters. The molecule has 0 saturated carbocycles. The van der Waals surface area contributed by atoms with Crippen molar-refractivity contribution >= 4 is 17.8 Å². The molecule has 7 nitrogen and oxygen atoms in total. The third-order valence-corrected chi connectivity index (χ3v) is 1.63. The molecule has 0 aromatic carbocycles. The van der Waals surface area contributed by atoms with E-state index >= 15 is 0 Å². The lowest BCUT2D eigenvalue weighted by molar-refractivity contribution is -0.165. The number of carbonyl (C=O) groups excluding carboxylic acids is 2. The summed E-state index contributed by atoms with van der Waals surface area (Å²) >= 11 is 0. The Morgan fingerprint density at radius 1 is 1.40 bits per heavy atom. The largest absolute Gasteiger partial charge is 0.479 e. The molecule has 0 aromatic heterocycles. The Morgan fingerprint density at radius 2 is 1.93 bits per heavy atom. The third kappa shape index (κ3) is 4.96. The molecule has 5 N–H and O–H groups in total. The zero-order valence-electron chi connectivity index (χ0n) is 8.30. The van der Waals surface area contributed by atoms with Crippen molar-refractivity contribution in [2.24, 2.45) is 11.5 Å². The van der Waals surface area contributed by atoms with Gasteiger partial charge in [-0.3, -0.25) is 9.59 Å². The van der Waals surface area contributed by atoms with E-state index in [1.807, 2.05) is 0 Å². The first kappa shape index (κ1) is 13.4. The van der Waals surface area contributed by atoms with Gasteiger partial charge in [-0.1, -0.05) is 6.92 Å². The Kier molecular flexibility index (Phi) is 5.32. The Morgan fingerprint density at radius 3 is 2.27 bits per heavy atom. The van der Waals surface area contributed by atoms with Crippen molar-refractivity contribution < 1.29 is 24.2 Å². The van der Waals surface area contributed by atoms with Crippen molar-refractivity contribution in [1.82, 2.24) is 0 Å². The maximum absolute atomic E-state index is 11.1. The number of hydrogen-bond donors (Lipinski definition) is 3. The van der Waals surface area contributed by atoms with Gasteiger partial charge in [-0.05, 0) is 6.42 Å². The molecule has 15 heavy (non-hydrogen) atoms. The topological polar surface area (TPSA) is 133 Å². The van der Waals surface area contributed by atoms with E-state index in [0.29, 0.717) is 0 Å². The minimum Gasteiger partial charge on any atom is -0.479 e. The number of carbonyl (C=O) groups is 3. The number of ether oxygens (including phenoxy) is 1. The molecule has 86 valence electrons. The molecule has 7 heteroatoms. The Balaban J connectivity index is 4.21. The van der Waals surface area contributed by atoms with Crippen LogP contribution in [0.25, 0.3) is 0 Å². The van der Waals surface area contributed by atoms with E-state index in [1.165, 1.54) is 0 Å². The van der Waals surface area contributed by atoms with E-state index in [4.69, 9.17) is 16.6 Å². The number of primary amides is 1. The van der Waals surface area contributed by atoms with Crippen LogP contribution in [0.5, 0.6) is 0 Å². The van der Waals surface area contributed by atoms with Gasteiger partial charge >= 0.3 is 11.9 Å². The molecule has 0 aliphatic carbocycles. The van der Waals surface area contributed by atoms with Gasteiger partial charge in [0.05, 0.1) is 6.42 Å². The number of aliphatic carboxylic acids is 1. The van der Waals surface area contributed by atoms with Crippen molar-refractivity contribution in [3.8, 4) is 0 Å². The van der Waals surface area contributed by atoms with Crippen LogP contribution in [0.4, 0.5) is 0 Å². The van der Waals surface area contributed by atoms with Crippen LogP contribution in [0, 0.1) is 0 Å². The smallest absolute Gasteiger partial charge is 0.345 e. The second kappa shape index (κ2) is 5.97. The first-order chi connectivity index (χ1) is 6.88. The first-order valence-corrected chi connectivity index (χ1v) is 4.35. The maximum Gasteiger partial charge on any atom is 0.345 e. The number of hydrogen-bond acceptors (Lipinski definition) is 5. The van der Waals surface area contributed by atoms with Crippen LogP contribution in [0.2, 0.25) is 0 Å². The third-order valence-electron chi connectivity index (χ3n) is 1.63. The lowest BCUT2D eigenvalue weighted by Crippen LogP contribution is -2.39. The number of rotatable bonds is 6. The van der Waals surface area contributed by atoms with Gasteiger partial charge < -0.3 is 21.3 Å². The molecule has 1 amide bonds. The van der Waals surface area contributed by atoms with Crippen molar-refractivity contribution in [3.63, 3.8) is 0 Å². The molecule has 0 rings (SSSR count). The summed E-state index contributed by atoms with van der Waals surface area (Å²) in [4.78, 5) is 32.1. The van der Waals surface area contributed by atoms with Crippen molar-refractivity contribution in [1.29, 1.82) is 0 Å². The fraction of sp³-hybridized carbons (Fsp3) is 0.625. The quantitative estimate of drug-likeness (QED) is 0.469. The average Bonchev–Trinajstić information content (AvgIpc) is 2.11. The monoisotopic (exact) mass is 218 g/mol. The maximum atomic E-state index is 11.1. The summed E-state index contributed by atoms with van der Waals surface area (Å²) in [5.41, 5.74) is 10.1. The molecule has 2 atom stereocenters. The van der Waals surface area contributed by atoms with Gasteiger partial charge in [-0.15, -0.1) is 0 Å². The van der Waals surface area contributed by atoms with Crippen LogP contribution in [0.15, 0.2) is 0 Å². The number of carboxylic acids is 1. The van der Waals surface area contributed by atoms with Crippen LogP contribution in [-0.4, -0.2) is 35.1 Å². The summed E-state index contributed by atoms with van der Waals surface area (Å²) in [5.74, 6) is -2.94. The number of amides is 1. The molecular formula is C8H14N2O5. The lowest BCUT2D eigenvalue weighted by Gasteiger charge is -2.14. The highest BCUT2D eigenvalue weighted by Crippen LogP contribution is 2.01. The van der Waals surface area contributed by atoms with Crippen LogP contribution in [0.1, 0.15) is 19.8 Å². The Labute approximate surface area is 86.4 Å². The van der Waals surface area contributed by atoms with Gasteiger partial charge in [0.25, 0.3) is 0 Å². The van der Waals surface area contributed by atoms with Gasteiger partial charge in [0.2, 0.25) is 5.91 Å². The highest BCUT2D eigenvalue weighted by Gasteiger charge is 2.24. The number of carboxylic acid groups (broad SMARTS) is 1. The Bertz CT molecular complexity index is 266. The van der Waals surface area contributed by atoms with Crippen molar-refractivity contribution in [2.45, 2.75) is 31.9 Å². The summed E-state index contributed by atoms with van der Waals surface area (Å²) in [6.45, 7) is 1.55. The van der Waals surface area contributed by atoms with Crippen molar-refractivity contribution in [2.75, 3.05) is 0 Å². The molecule has 0 heterocycles. The molecule has 0 fully saturated rings. The summed E-state index contributed by atoms with van der Waals surface area (Å²) < 4.78 is 4.55. The average molecular weight is 218 g/mol. The number of nitrogens with two attached hydrogens (primary N) is 2. The zero-order valence-corrected chi connectivity index (χ0v) is 8.30. The van der Waals surface area contributed by atoms with Crippen LogP contribution in [-0.2, 0) is 19.1 Å². The van der Waals surface area contributed by atoms with Crippen LogP contribution >= 0.6 is 0 Å². The predicted molar refractivity (Wildman–Crippen MR) is 49.6 cm³/mol. The second-order valence-electron chi connectivity index (χ2n) is 2.95. The molecule has 0 aliphatic heterocycles. The standard InChI is InChI=1S/C8H14N2O5/c1-2-5(7(12)13)15-8(14)4(9)3-6(10)11/h4-5H,2-3,9H2,1H3,(H2,10,11)(H,12,13). The first-order valence-electron chi connectivity index (χ1n) is 4.35. The van der Waals surface area contributed by atoms with Gasteiger partial charge in [-0.25, -0.2) is 4.79 Å². The van der Waals surface area contributed by atoms with Gasteiger partial charge in [0.15, 0.2) is 6.10 Å². The zero-order chi connectivity index (χ0) is 12.0. The normalized spacial score (nSPS) is 14.0. The summed E-state index contributed by atoms with van der Waals surface area (Å²) in [6, 6.07) is -1.21. The second-order valence-corrected chi connectivity index (χ2v) is 2.95. The Hall–Kier alpha value is -1.63. The summed E-state index contributed by atoms with van der Waals surface area (Å²) in [7, 11) is 0. The van der Waals surface area contributed by atoms with Gasteiger partial charge in [-0.2, -0.15) is 0 Å². The lowest BCUT2D eigenvalue weighted by atomic mass is 10.2. The van der Waals surface area contributed by atoms with E-state index in [9.17, 15) is 14.4 Å². The van der Waals surface area contributed by atoms with E-state index in [1.54, 1.807) is 6.92 Å². The summed E-state index contributed by atoms with van der Waals surface area (Å²) in [5, 5.41) is 8.58. The SMILES string of the molecule is CCC(OC(=O)C(N)CC(N)=O)C(=O)O. The van der Waals surface area contributed by atoms with E-state index in [2.05, 4.69) is 4.74 Å². The molecule has 0 aromatic rings. The van der Waals surface area contributed by atoms with Crippen molar-refractivity contribution in [3.05, 3.63) is 0 Å². The molecule has 0 bridgehead atoms. The molecular weight excluding hydrogens is 204 g/mol. The highest BCUT2D eigenvalue weighted by atomic mass is 16.6.